The zero-order valence-corrected chi connectivity index (χ0v) is 13.7. The Labute approximate surface area is 125 Å². The molecule has 0 unspecified atom stereocenters. The molecule has 0 fully saturated rings. The molecule has 1 amide bonds. The first kappa shape index (κ1) is 17.6. The minimum atomic E-state index is -3.70. The maximum absolute atomic E-state index is 13.5. The minimum absolute atomic E-state index is 0.0823. The largest absolute Gasteiger partial charge is 0.337 e. The van der Waals surface area contributed by atoms with Gasteiger partial charge in [0.15, 0.2) is 9.84 Å². The van der Waals surface area contributed by atoms with Gasteiger partial charge in [-0.1, -0.05) is 18.2 Å². The molecule has 0 aliphatic heterocycles. The van der Waals surface area contributed by atoms with Crippen LogP contribution in [0.3, 0.4) is 0 Å². The fourth-order valence-electron chi connectivity index (χ4n) is 2.34. The van der Waals surface area contributed by atoms with Crippen molar-refractivity contribution in [1.29, 1.82) is 0 Å². The van der Waals surface area contributed by atoms with E-state index in [9.17, 15) is 17.6 Å². The van der Waals surface area contributed by atoms with Crippen molar-refractivity contribution in [2.45, 2.75) is 45.5 Å². The Bertz CT molecular complexity index is 589. The molecule has 1 aromatic carbocycles. The lowest BCUT2D eigenvalue weighted by Crippen LogP contribution is -2.45. The summed E-state index contributed by atoms with van der Waals surface area (Å²) >= 11 is 0. The number of carbonyl (C=O) groups excluding carboxylic acids is 1. The number of amides is 1. The van der Waals surface area contributed by atoms with Crippen LogP contribution in [-0.4, -0.2) is 37.1 Å². The van der Waals surface area contributed by atoms with Gasteiger partial charge in [-0.25, -0.2) is 12.8 Å². The van der Waals surface area contributed by atoms with Crippen LogP contribution in [0, 0.1) is 5.82 Å². The average molecular weight is 315 g/mol. The number of sulfone groups is 1. The molecule has 21 heavy (non-hydrogen) atoms. The maximum Gasteiger partial charge on any atom is 0.238 e. The molecule has 0 bridgehead atoms. The van der Waals surface area contributed by atoms with E-state index in [0.29, 0.717) is 0 Å². The first-order valence-electron chi connectivity index (χ1n) is 6.89. The summed E-state index contributed by atoms with van der Waals surface area (Å²) in [6, 6.07) is 5.53. The topological polar surface area (TPSA) is 54.5 Å². The quantitative estimate of drug-likeness (QED) is 0.810. The zero-order chi connectivity index (χ0) is 16.2. The molecule has 0 spiro atoms. The highest BCUT2D eigenvalue weighted by molar-refractivity contribution is 7.91. The molecule has 0 saturated heterocycles. The molecule has 0 radical (unpaired) electrons. The summed E-state index contributed by atoms with van der Waals surface area (Å²) in [6.07, 6.45) is 0. The molecule has 0 saturated carbocycles. The monoisotopic (exact) mass is 315 g/mol. The molecule has 1 rings (SSSR count). The van der Waals surface area contributed by atoms with Gasteiger partial charge >= 0.3 is 0 Å². The smallest absolute Gasteiger partial charge is 0.238 e. The normalized spacial score (nSPS) is 12.0. The Kier molecular flexibility index (Phi) is 5.89. The van der Waals surface area contributed by atoms with Crippen LogP contribution in [0.4, 0.5) is 4.39 Å². The first-order valence-corrected chi connectivity index (χ1v) is 8.71. The molecule has 4 nitrogen and oxygen atoms in total. The van der Waals surface area contributed by atoms with E-state index < -0.39 is 33.1 Å². The van der Waals surface area contributed by atoms with Gasteiger partial charge in [0.1, 0.15) is 11.6 Å². The average Bonchev–Trinajstić information content (AvgIpc) is 2.29. The second kappa shape index (κ2) is 7.02. The van der Waals surface area contributed by atoms with E-state index >= 15 is 0 Å². The Balaban J connectivity index is 2.86. The third-order valence-corrected chi connectivity index (χ3v) is 4.51. The Morgan fingerprint density at radius 3 is 2.14 bits per heavy atom. The van der Waals surface area contributed by atoms with Gasteiger partial charge in [-0.15, -0.1) is 0 Å². The van der Waals surface area contributed by atoms with Crippen LogP contribution >= 0.6 is 0 Å². The molecule has 1 aromatic rings. The summed E-state index contributed by atoms with van der Waals surface area (Å²) < 4.78 is 37.7. The second-order valence-corrected chi connectivity index (χ2v) is 7.68. The number of halogens is 1. The Morgan fingerprint density at radius 2 is 1.67 bits per heavy atom. The van der Waals surface area contributed by atoms with Crippen LogP contribution in [0.25, 0.3) is 0 Å². The number of hydrogen-bond donors (Lipinski definition) is 0. The SMILES string of the molecule is CC(C)N(C(=O)CS(=O)(=O)Cc1ccccc1F)C(C)C. The maximum atomic E-state index is 13.5. The molecule has 6 heteroatoms. The van der Waals surface area contributed by atoms with Crippen molar-refractivity contribution >= 4 is 15.7 Å². The number of nitrogens with zero attached hydrogens (tertiary/aromatic N) is 1. The second-order valence-electron chi connectivity index (χ2n) is 5.61. The third-order valence-electron chi connectivity index (χ3n) is 3.08. The van der Waals surface area contributed by atoms with Crippen LogP contribution in [0.5, 0.6) is 0 Å². The van der Waals surface area contributed by atoms with Crippen molar-refractivity contribution in [1.82, 2.24) is 4.90 Å². The summed E-state index contributed by atoms with van der Waals surface area (Å²) in [5.74, 6) is -2.08. The van der Waals surface area contributed by atoms with Gasteiger partial charge in [0.2, 0.25) is 5.91 Å². The van der Waals surface area contributed by atoms with E-state index in [1.54, 1.807) is 6.07 Å². The van der Waals surface area contributed by atoms with E-state index in [1.165, 1.54) is 23.1 Å². The lowest BCUT2D eigenvalue weighted by atomic mass is 10.2. The Morgan fingerprint density at radius 1 is 1.14 bits per heavy atom. The summed E-state index contributed by atoms with van der Waals surface area (Å²) in [5.41, 5.74) is 0.0888. The number of benzene rings is 1. The van der Waals surface area contributed by atoms with Gasteiger partial charge in [0.05, 0.1) is 5.75 Å². The molecule has 0 aliphatic carbocycles. The molecule has 0 aromatic heterocycles. The molecule has 0 heterocycles. The number of hydrogen-bond acceptors (Lipinski definition) is 3. The van der Waals surface area contributed by atoms with Crippen molar-refractivity contribution in [3.63, 3.8) is 0 Å². The fourth-order valence-corrected chi connectivity index (χ4v) is 3.67. The van der Waals surface area contributed by atoms with Crippen molar-refractivity contribution in [2.24, 2.45) is 0 Å². The molecule has 0 N–H and O–H groups in total. The highest BCUT2D eigenvalue weighted by atomic mass is 32.2. The van der Waals surface area contributed by atoms with Crippen molar-refractivity contribution < 1.29 is 17.6 Å². The fraction of sp³-hybridized carbons (Fsp3) is 0.533. The van der Waals surface area contributed by atoms with Crippen LogP contribution in [-0.2, 0) is 20.4 Å². The van der Waals surface area contributed by atoms with E-state index in [0.717, 1.165) is 0 Å². The first-order chi connectivity index (χ1) is 9.64. The lowest BCUT2D eigenvalue weighted by Gasteiger charge is -2.30. The molecule has 0 atom stereocenters. The van der Waals surface area contributed by atoms with Crippen molar-refractivity contribution in [2.75, 3.05) is 5.75 Å². The van der Waals surface area contributed by atoms with Crippen LogP contribution < -0.4 is 0 Å². The zero-order valence-electron chi connectivity index (χ0n) is 12.8. The van der Waals surface area contributed by atoms with Gasteiger partial charge in [-0.05, 0) is 33.8 Å². The van der Waals surface area contributed by atoms with Gasteiger partial charge in [-0.3, -0.25) is 4.79 Å². The summed E-state index contributed by atoms with van der Waals surface area (Å²) in [5, 5.41) is 0. The van der Waals surface area contributed by atoms with Crippen LogP contribution in [0.1, 0.15) is 33.3 Å². The van der Waals surface area contributed by atoms with E-state index in [4.69, 9.17) is 0 Å². The minimum Gasteiger partial charge on any atom is -0.337 e. The van der Waals surface area contributed by atoms with E-state index in [-0.39, 0.29) is 17.6 Å². The highest BCUT2D eigenvalue weighted by Crippen LogP contribution is 2.13. The van der Waals surface area contributed by atoms with Gasteiger partial charge < -0.3 is 4.90 Å². The molecular formula is C15H22FNO3S. The van der Waals surface area contributed by atoms with Gasteiger partial charge in [0, 0.05) is 17.6 Å². The standard InChI is InChI=1S/C15H22FNO3S/c1-11(2)17(12(3)4)15(18)10-21(19,20)9-13-7-5-6-8-14(13)16/h5-8,11-12H,9-10H2,1-4H3. The summed E-state index contributed by atoms with van der Waals surface area (Å²) in [6.45, 7) is 7.34. The third kappa shape index (κ3) is 5.12. The van der Waals surface area contributed by atoms with Crippen molar-refractivity contribution in [3.8, 4) is 0 Å². The van der Waals surface area contributed by atoms with Gasteiger partial charge in [-0.2, -0.15) is 0 Å². The lowest BCUT2D eigenvalue weighted by molar-refractivity contribution is -0.131. The predicted molar refractivity (Wildman–Crippen MR) is 81.0 cm³/mol. The number of rotatable bonds is 6. The molecular weight excluding hydrogens is 293 g/mol. The number of carbonyl (C=O) groups is 1. The van der Waals surface area contributed by atoms with E-state index in [2.05, 4.69) is 0 Å². The van der Waals surface area contributed by atoms with E-state index in [1.807, 2.05) is 27.7 Å². The van der Waals surface area contributed by atoms with Crippen molar-refractivity contribution in [3.05, 3.63) is 35.6 Å². The predicted octanol–water partition coefficient (Wildman–Crippen LogP) is 2.39. The molecule has 0 aliphatic rings. The molecule has 118 valence electrons. The van der Waals surface area contributed by atoms with Gasteiger partial charge in [0.25, 0.3) is 0 Å². The summed E-state index contributed by atoms with van der Waals surface area (Å²) in [7, 11) is -3.70. The van der Waals surface area contributed by atoms with Crippen LogP contribution in [0.15, 0.2) is 24.3 Å². The van der Waals surface area contributed by atoms with Crippen LogP contribution in [0.2, 0.25) is 0 Å². The summed E-state index contributed by atoms with van der Waals surface area (Å²) in [4.78, 5) is 13.7. The highest BCUT2D eigenvalue weighted by Gasteiger charge is 2.26. The Hall–Kier alpha value is -1.43.